The highest BCUT2D eigenvalue weighted by atomic mass is 16.6. The number of hydrogen-bond acceptors (Lipinski definition) is 6. The van der Waals surface area contributed by atoms with Crippen LogP contribution in [-0.4, -0.2) is 53.6 Å². The van der Waals surface area contributed by atoms with Crippen LogP contribution in [0.15, 0.2) is 12.1 Å². The van der Waals surface area contributed by atoms with E-state index in [2.05, 4.69) is 20.1 Å². The Kier molecular flexibility index (Phi) is 3.92. The van der Waals surface area contributed by atoms with Crippen LogP contribution in [0.1, 0.15) is 19.8 Å². The molecule has 0 radical (unpaired) electrons. The van der Waals surface area contributed by atoms with Crippen LogP contribution in [0, 0.1) is 10.1 Å². The van der Waals surface area contributed by atoms with Crippen LogP contribution in [0.2, 0.25) is 0 Å². The van der Waals surface area contributed by atoms with E-state index in [4.69, 9.17) is 0 Å². The lowest BCUT2D eigenvalue weighted by Crippen LogP contribution is -2.47. The minimum Gasteiger partial charge on any atom is -0.370 e. The van der Waals surface area contributed by atoms with Gasteiger partial charge in [-0.2, -0.15) is 0 Å². The molecule has 0 amide bonds. The van der Waals surface area contributed by atoms with Crippen LogP contribution < -0.4 is 10.2 Å². The zero-order valence-electron chi connectivity index (χ0n) is 12.3. The van der Waals surface area contributed by atoms with E-state index in [-0.39, 0.29) is 10.6 Å². The lowest BCUT2D eigenvalue weighted by atomic mass is 10.3. The van der Waals surface area contributed by atoms with Gasteiger partial charge in [0.2, 0.25) is 0 Å². The minimum absolute atomic E-state index is 0.0978. The number of rotatable bonds is 5. The topological polar surface area (TPSA) is 74.5 Å². The monoisotopic (exact) mass is 291 g/mol. The summed E-state index contributed by atoms with van der Waals surface area (Å²) in [7, 11) is 0. The summed E-state index contributed by atoms with van der Waals surface area (Å²) in [5.74, 6) is 1.28. The van der Waals surface area contributed by atoms with E-state index in [1.807, 2.05) is 6.92 Å². The normalized spacial score (nSPS) is 19.6. The van der Waals surface area contributed by atoms with Gasteiger partial charge in [-0.25, -0.2) is 4.98 Å². The van der Waals surface area contributed by atoms with Crippen molar-refractivity contribution in [2.75, 3.05) is 42.9 Å². The van der Waals surface area contributed by atoms with Crippen LogP contribution in [0.4, 0.5) is 17.3 Å². The number of pyridine rings is 1. The Morgan fingerprint density at radius 3 is 2.62 bits per heavy atom. The zero-order chi connectivity index (χ0) is 14.8. The molecule has 2 heterocycles. The van der Waals surface area contributed by atoms with Gasteiger partial charge in [-0.05, 0) is 19.8 Å². The fraction of sp³-hybridized carbons (Fsp3) is 0.643. The predicted octanol–water partition coefficient (Wildman–Crippen LogP) is 1.71. The fourth-order valence-electron chi connectivity index (χ4n) is 2.80. The summed E-state index contributed by atoms with van der Waals surface area (Å²) in [5, 5.41) is 14.1. The second-order valence-corrected chi connectivity index (χ2v) is 5.61. The van der Waals surface area contributed by atoms with E-state index >= 15 is 0 Å². The quantitative estimate of drug-likeness (QED) is 0.657. The van der Waals surface area contributed by atoms with Gasteiger partial charge in [-0.3, -0.25) is 15.0 Å². The zero-order valence-corrected chi connectivity index (χ0v) is 12.3. The molecule has 1 aromatic rings. The van der Waals surface area contributed by atoms with Crippen LogP contribution in [0.25, 0.3) is 0 Å². The fourth-order valence-corrected chi connectivity index (χ4v) is 2.80. The number of piperazine rings is 1. The molecule has 2 fully saturated rings. The largest absolute Gasteiger partial charge is 0.370 e. The molecule has 114 valence electrons. The molecular weight excluding hydrogens is 270 g/mol. The Balaban J connectivity index is 1.75. The Bertz CT molecular complexity index is 524. The van der Waals surface area contributed by atoms with Gasteiger partial charge in [-0.1, -0.05) is 0 Å². The molecule has 0 spiro atoms. The summed E-state index contributed by atoms with van der Waals surface area (Å²) in [5.41, 5.74) is 0.0978. The van der Waals surface area contributed by atoms with Crippen molar-refractivity contribution in [2.24, 2.45) is 0 Å². The van der Waals surface area contributed by atoms with E-state index in [1.165, 1.54) is 18.9 Å². The van der Waals surface area contributed by atoms with Crippen molar-refractivity contribution in [3.05, 3.63) is 22.2 Å². The molecule has 1 saturated heterocycles. The van der Waals surface area contributed by atoms with Crippen LogP contribution in [0.3, 0.4) is 0 Å². The molecule has 1 aliphatic heterocycles. The first-order chi connectivity index (χ1) is 10.2. The maximum atomic E-state index is 11.1. The van der Waals surface area contributed by atoms with Crippen molar-refractivity contribution in [3.63, 3.8) is 0 Å². The smallest absolute Gasteiger partial charge is 0.276 e. The number of anilines is 2. The lowest BCUT2D eigenvalue weighted by Gasteiger charge is -2.35. The predicted molar refractivity (Wildman–Crippen MR) is 81.9 cm³/mol. The summed E-state index contributed by atoms with van der Waals surface area (Å²) in [4.78, 5) is 19.9. The van der Waals surface area contributed by atoms with Crippen molar-refractivity contribution < 1.29 is 4.92 Å². The van der Waals surface area contributed by atoms with Gasteiger partial charge in [0.15, 0.2) is 0 Å². The maximum absolute atomic E-state index is 11.1. The van der Waals surface area contributed by atoms with E-state index in [1.54, 1.807) is 6.07 Å². The number of aromatic nitrogens is 1. The molecule has 21 heavy (non-hydrogen) atoms. The molecule has 0 aromatic carbocycles. The summed E-state index contributed by atoms with van der Waals surface area (Å²) in [6, 6.07) is 3.85. The minimum atomic E-state index is -0.355. The van der Waals surface area contributed by atoms with Crippen molar-refractivity contribution >= 4 is 17.3 Å². The average Bonchev–Trinajstić information content (AvgIpc) is 3.32. The Morgan fingerprint density at radius 2 is 2.05 bits per heavy atom. The molecule has 1 saturated carbocycles. The van der Waals surface area contributed by atoms with E-state index in [0.717, 1.165) is 32.2 Å². The second-order valence-electron chi connectivity index (χ2n) is 5.61. The van der Waals surface area contributed by atoms with Gasteiger partial charge >= 0.3 is 0 Å². The second kappa shape index (κ2) is 5.85. The molecule has 7 nitrogen and oxygen atoms in total. The molecule has 1 aliphatic carbocycles. The van der Waals surface area contributed by atoms with Crippen LogP contribution in [-0.2, 0) is 0 Å². The third-order valence-corrected chi connectivity index (χ3v) is 4.07. The highest BCUT2D eigenvalue weighted by Crippen LogP contribution is 2.29. The number of nitro groups is 1. The SMILES string of the molecule is CCNc1cc([N+](=O)[O-])cc(N2CCN(C3CC3)CC2)n1. The van der Waals surface area contributed by atoms with Crippen LogP contribution >= 0.6 is 0 Å². The summed E-state index contributed by atoms with van der Waals surface area (Å²) >= 11 is 0. The highest BCUT2D eigenvalue weighted by molar-refractivity contribution is 5.56. The molecule has 1 aromatic heterocycles. The van der Waals surface area contributed by atoms with Crippen LogP contribution in [0.5, 0.6) is 0 Å². The average molecular weight is 291 g/mol. The third-order valence-electron chi connectivity index (χ3n) is 4.07. The first-order valence-electron chi connectivity index (χ1n) is 7.56. The first-order valence-corrected chi connectivity index (χ1v) is 7.56. The van der Waals surface area contributed by atoms with Gasteiger partial charge in [0.25, 0.3) is 5.69 Å². The van der Waals surface area contributed by atoms with E-state index in [9.17, 15) is 10.1 Å². The van der Waals surface area contributed by atoms with Gasteiger partial charge < -0.3 is 10.2 Å². The van der Waals surface area contributed by atoms with Gasteiger partial charge in [0.1, 0.15) is 11.6 Å². The molecule has 0 unspecified atom stereocenters. The van der Waals surface area contributed by atoms with Crippen molar-refractivity contribution in [1.82, 2.24) is 9.88 Å². The van der Waals surface area contributed by atoms with Gasteiger partial charge in [0, 0.05) is 38.8 Å². The van der Waals surface area contributed by atoms with E-state index < -0.39 is 0 Å². The highest BCUT2D eigenvalue weighted by Gasteiger charge is 2.31. The van der Waals surface area contributed by atoms with Gasteiger partial charge in [-0.15, -0.1) is 0 Å². The molecule has 0 atom stereocenters. The molecule has 7 heteroatoms. The molecule has 3 rings (SSSR count). The third kappa shape index (κ3) is 3.24. The molecule has 0 bridgehead atoms. The summed E-state index contributed by atoms with van der Waals surface area (Å²) < 4.78 is 0. The molecular formula is C14H21N5O2. The van der Waals surface area contributed by atoms with Gasteiger partial charge in [0.05, 0.1) is 17.1 Å². The molecule has 2 aliphatic rings. The van der Waals surface area contributed by atoms with Crippen molar-refractivity contribution in [3.8, 4) is 0 Å². The Labute approximate surface area is 124 Å². The maximum Gasteiger partial charge on any atom is 0.276 e. The lowest BCUT2D eigenvalue weighted by molar-refractivity contribution is -0.384. The summed E-state index contributed by atoms with van der Waals surface area (Å²) in [6.45, 7) is 6.46. The number of nitrogens with one attached hydrogen (secondary N) is 1. The number of nitrogens with zero attached hydrogens (tertiary/aromatic N) is 4. The standard InChI is InChI=1S/C14H21N5O2/c1-2-15-13-9-12(19(20)21)10-14(16-13)18-7-5-17(6-8-18)11-3-4-11/h9-11H,2-8H2,1H3,(H,15,16). The Morgan fingerprint density at radius 1 is 1.33 bits per heavy atom. The molecule has 1 N–H and O–H groups in total. The van der Waals surface area contributed by atoms with Crippen molar-refractivity contribution in [1.29, 1.82) is 0 Å². The summed E-state index contributed by atoms with van der Waals surface area (Å²) in [6.07, 6.45) is 2.64. The number of hydrogen-bond donors (Lipinski definition) is 1. The van der Waals surface area contributed by atoms with Crippen molar-refractivity contribution in [2.45, 2.75) is 25.8 Å². The first kappa shape index (κ1) is 14.1. The van der Waals surface area contributed by atoms with E-state index in [0.29, 0.717) is 18.2 Å². The Hall–Kier alpha value is -1.89.